The molecule has 72 valence electrons. The van der Waals surface area contributed by atoms with Crippen LogP contribution in [0.5, 0.6) is 0 Å². The van der Waals surface area contributed by atoms with E-state index in [1.54, 1.807) is 0 Å². The van der Waals surface area contributed by atoms with Crippen LogP contribution in [0.4, 0.5) is 0 Å². The molecule has 0 fully saturated rings. The average Bonchev–Trinajstić information content (AvgIpc) is 2.45. The summed E-state index contributed by atoms with van der Waals surface area (Å²) in [5, 5.41) is 0. The van der Waals surface area contributed by atoms with Gasteiger partial charge in [-0.15, -0.1) is 0 Å². The Balaban J connectivity index is 2.38. The molecule has 2 heterocycles. The second kappa shape index (κ2) is 3.44. The van der Waals surface area contributed by atoms with E-state index in [2.05, 4.69) is 27.9 Å². The zero-order valence-corrected chi connectivity index (χ0v) is 9.17. The van der Waals surface area contributed by atoms with E-state index in [1.807, 2.05) is 6.07 Å². The first-order chi connectivity index (χ1) is 6.22. The van der Waals surface area contributed by atoms with Crippen molar-refractivity contribution in [3.05, 3.63) is 22.1 Å². The molecule has 0 aliphatic carbocycles. The van der Waals surface area contributed by atoms with E-state index >= 15 is 0 Å². The van der Waals surface area contributed by atoms with Crippen molar-refractivity contribution in [2.75, 3.05) is 20.1 Å². The van der Waals surface area contributed by atoms with E-state index < -0.39 is 0 Å². The predicted octanol–water partition coefficient (Wildman–Crippen LogP) is 1.53. The number of hydrogen-bond acceptors (Lipinski definition) is 3. The van der Waals surface area contributed by atoms with Gasteiger partial charge in [-0.05, 0) is 29.0 Å². The van der Waals surface area contributed by atoms with Gasteiger partial charge in [0.05, 0.1) is 6.04 Å². The van der Waals surface area contributed by atoms with Gasteiger partial charge in [0.2, 0.25) is 0 Å². The monoisotopic (exact) mass is 244 g/mol. The van der Waals surface area contributed by atoms with Crippen molar-refractivity contribution in [3.8, 4) is 0 Å². The van der Waals surface area contributed by atoms with Crippen LogP contribution in [0.2, 0.25) is 0 Å². The molecule has 0 saturated heterocycles. The predicted molar refractivity (Wildman–Crippen MR) is 54.5 cm³/mol. The van der Waals surface area contributed by atoms with Crippen molar-refractivity contribution in [2.45, 2.75) is 12.5 Å². The minimum absolute atomic E-state index is 0.318. The van der Waals surface area contributed by atoms with Crippen molar-refractivity contribution in [2.24, 2.45) is 5.73 Å². The fraction of sp³-hybridized carbons (Fsp3) is 0.556. The molecule has 0 amide bonds. The standard InChI is InChI=1S/C9H13BrN2O/c1-12-3-2-8-6(7(12)5-11)4-9(10)13-8/h4,7H,2-3,5,11H2,1H3. The molecular weight excluding hydrogens is 232 g/mol. The van der Waals surface area contributed by atoms with E-state index in [9.17, 15) is 0 Å². The summed E-state index contributed by atoms with van der Waals surface area (Å²) in [6.45, 7) is 1.67. The summed E-state index contributed by atoms with van der Waals surface area (Å²) >= 11 is 3.34. The lowest BCUT2D eigenvalue weighted by molar-refractivity contribution is 0.224. The molecule has 0 aromatic carbocycles. The Morgan fingerprint density at radius 3 is 3.23 bits per heavy atom. The quantitative estimate of drug-likeness (QED) is 0.815. The number of rotatable bonds is 1. The Hall–Kier alpha value is -0.320. The molecule has 4 heteroatoms. The molecule has 1 aromatic rings. The van der Waals surface area contributed by atoms with E-state index in [1.165, 1.54) is 5.56 Å². The molecule has 0 spiro atoms. The van der Waals surface area contributed by atoms with Gasteiger partial charge in [0, 0.05) is 25.1 Å². The fourth-order valence-corrected chi connectivity index (χ4v) is 2.31. The van der Waals surface area contributed by atoms with Crippen molar-refractivity contribution in [1.82, 2.24) is 4.90 Å². The Bertz CT molecular complexity index is 311. The molecule has 1 aliphatic rings. The van der Waals surface area contributed by atoms with E-state index in [4.69, 9.17) is 10.2 Å². The van der Waals surface area contributed by atoms with Gasteiger partial charge >= 0.3 is 0 Å². The zero-order chi connectivity index (χ0) is 9.42. The highest BCUT2D eigenvalue weighted by Gasteiger charge is 2.26. The number of likely N-dealkylation sites (N-methyl/N-ethyl adjacent to an activating group) is 1. The maximum atomic E-state index is 5.72. The lowest BCUT2D eigenvalue weighted by Gasteiger charge is -2.30. The maximum Gasteiger partial charge on any atom is 0.169 e. The first-order valence-corrected chi connectivity index (χ1v) is 5.20. The molecule has 3 nitrogen and oxygen atoms in total. The minimum atomic E-state index is 0.318. The maximum absolute atomic E-state index is 5.72. The van der Waals surface area contributed by atoms with Crippen LogP contribution < -0.4 is 5.73 Å². The van der Waals surface area contributed by atoms with Gasteiger partial charge in [-0.2, -0.15) is 0 Å². The van der Waals surface area contributed by atoms with Crippen molar-refractivity contribution in [1.29, 1.82) is 0 Å². The van der Waals surface area contributed by atoms with Crippen LogP contribution in [-0.4, -0.2) is 25.0 Å². The minimum Gasteiger partial charge on any atom is -0.454 e. The van der Waals surface area contributed by atoms with Crippen molar-refractivity contribution < 1.29 is 4.42 Å². The Kier molecular flexibility index (Phi) is 2.45. The lowest BCUT2D eigenvalue weighted by atomic mass is 10.0. The smallest absolute Gasteiger partial charge is 0.169 e. The molecular formula is C9H13BrN2O. The van der Waals surface area contributed by atoms with Crippen LogP contribution in [0.3, 0.4) is 0 Å². The molecule has 0 bridgehead atoms. The summed E-state index contributed by atoms with van der Waals surface area (Å²) < 4.78 is 6.33. The molecule has 2 rings (SSSR count). The number of halogens is 1. The highest BCUT2D eigenvalue weighted by atomic mass is 79.9. The molecule has 0 radical (unpaired) electrons. The normalized spacial score (nSPS) is 23.2. The van der Waals surface area contributed by atoms with Crippen LogP contribution >= 0.6 is 15.9 Å². The lowest BCUT2D eigenvalue weighted by Crippen LogP contribution is -2.35. The van der Waals surface area contributed by atoms with Gasteiger partial charge in [0.15, 0.2) is 4.67 Å². The summed E-state index contributed by atoms with van der Waals surface area (Å²) in [4.78, 5) is 2.27. The van der Waals surface area contributed by atoms with Gasteiger partial charge in [0.1, 0.15) is 5.76 Å². The summed E-state index contributed by atoms with van der Waals surface area (Å²) in [7, 11) is 2.10. The van der Waals surface area contributed by atoms with Crippen LogP contribution in [0.15, 0.2) is 15.2 Å². The summed E-state index contributed by atoms with van der Waals surface area (Å²) in [6.07, 6.45) is 0.980. The summed E-state index contributed by atoms with van der Waals surface area (Å²) in [5.74, 6) is 1.08. The largest absolute Gasteiger partial charge is 0.454 e. The average molecular weight is 245 g/mol. The Morgan fingerprint density at radius 1 is 1.77 bits per heavy atom. The first-order valence-electron chi connectivity index (χ1n) is 4.40. The van der Waals surface area contributed by atoms with Gasteiger partial charge in [-0.3, -0.25) is 4.90 Å². The van der Waals surface area contributed by atoms with Crippen LogP contribution in [-0.2, 0) is 6.42 Å². The van der Waals surface area contributed by atoms with E-state index in [0.29, 0.717) is 12.6 Å². The van der Waals surface area contributed by atoms with Crippen molar-refractivity contribution in [3.63, 3.8) is 0 Å². The van der Waals surface area contributed by atoms with E-state index in [-0.39, 0.29) is 0 Å². The summed E-state index contributed by atoms with van der Waals surface area (Å²) in [6, 6.07) is 2.35. The zero-order valence-electron chi connectivity index (χ0n) is 7.59. The topological polar surface area (TPSA) is 42.4 Å². The molecule has 1 aliphatic heterocycles. The fourth-order valence-electron chi connectivity index (χ4n) is 1.86. The molecule has 1 aromatic heterocycles. The second-order valence-electron chi connectivity index (χ2n) is 3.41. The number of furan rings is 1. The third-order valence-electron chi connectivity index (χ3n) is 2.62. The Labute approximate surface area is 86.0 Å². The van der Waals surface area contributed by atoms with Crippen LogP contribution in [0.1, 0.15) is 17.4 Å². The highest BCUT2D eigenvalue weighted by Crippen LogP contribution is 2.32. The van der Waals surface area contributed by atoms with E-state index in [0.717, 1.165) is 23.4 Å². The molecule has 1 unspecified atom stereocenters. The summed E-state index contributed by atoms with van der Waals surface area (Å²) in [5.41, 5.74) is 6.96. The Morgan fingerprint density at radius 2 is 2.54 bits per heavy atom. The molecule has 2 N–H and O–H groups in total. The van der Waals surface area contributed by atoms with Crippen LogP contribution in [0, 0.1) is 0 Å². The SMILES string of the molecule is CN1CCc2oc(Br)cc2C1CN. The third kappa shape index (κ3) is 1.54. The first kappa shape index (κ1) is 9.24. The molecule has 13 heavy (non-hydrogen) atoms. The van der Waals surface area contributed by atoms with Crippen LogP contribution in [0.25, 0.3) is 0 Å². The molecule has 0 saturated carbocycles. The number of hydrogen-bond donors (Lipinski definition) is 1. The van der Waals surface area contributed by atoms with Gasteiger partial charge in [-0.1, -0.05) is 0 Å². The van der Waals surface area contributed by atoms with Crippen molar-refractivity contribution >= 4 is 15.9 Å². The number of fused-ring (bicyclic) bond motifs is 1. The van der Waals surface area contributed by atoms with Gasteiger partial charge < -0.3 is 10.2 Å². The number of nitrogens with zero attached hydrogens (tertiary/aromatic N) is 1. The number of nitrogens with two attached hydrogens (primary N) is 1. The highest BCUT2D eigenvalue weighted by molar-refractivity contribution is 9.10. The second-order valence-corrected chi connectivity index (χ2v) is 4.19. The molecule has 1 atom stereocenters. The van der Waals surface area contributed by atoms with Gasteiger partial charge in [0.25, 0.3) is 0 Å². The third-order valence-corrected chi connectivity index (χ3v) is 3.01. The van der Waals surface area contributed by atoms with Gasteiger partial charge in [-0.25, -0.2) is 0 Å².